The second-order valence-electron chi connectivity index (χ2n) is 5.05. The Hall–Kier alpha value is -0.970. The van der Waals surface area contributed by atoms with Crippen LogP contribution in [-0.2, 0) is 9.47 Å². The zero-order valence-corrected chi connectivity index (χ0v) is 13.6. The summed E-state index contributed by atoms with van der Waals surface area (Å²) < 4.78 is 11.1. The summed E-state index contributed by atoms with van der Waals surface area (Å²) >= 11 is 0. The summed E-state index contributed by atoms with van der Waals surface area (Å²) in [5.74, 6) is 0. The van der Waals surface area contributed by atoms with Crippen LogP contribution in [0.3, 0.4) is 0 Å². The Kier molecular flexibility index (Phi) is 7.13. The van der Waals surface area contributed by atoms with E-state index in [1.54, 1.807) is 0 Å². The molecule has 0 fully saturated rings. The maximum atomic E-state index is 5.55. The molecule has 1 aromatic heterocycles. The van der Waals surface area contributed by atoms with Crippen molar-refractivity contribution in [3.8, 4) is 0 Å². The van der Waals surface area contributed by atoms with Gasteiger partial charge in [-0.1, -0.05) is 0 Å². The summed E-state index contributed by atoms with van der Waals surface area (Å²) in [6.45, 7) is 14.3. The average molecular weight is 280 g/mol. The number of hydrogen-bond acceptors (Lipinski definition) is 4. The minimum atomic E-state index is -0.188. The highest BCUT2D eigenvalue weighted by molar-refractivity contribution is 5.33. The Morgan fingerprint density at radius 2 is 1.75 bits per heavy atom. The van der Waals surface area contributed by atoms with Crippen molar-refractivity contribution in [3.05, 3.63) is 28.6 Å². The first-order valence-electron chi connectivity index (χ1n) is 7.40. The van der Waals surface area contributed by atoms with Gasteiger partial charge < -0.3 is 14.8 Å². The van der Waals surface area contributed by atoms with Crippen LogP contribution in [0, 0.1) is 20.8 Å². The summed E-state index contributed by atoms with van der Waals surface area (Å²) in [5, 5.41) is 3.48. The number of rotatable bonds is 8. The van der Waals surface area contributed by atoms with E-state index in [4.69, 9.17) is 9.47 Å². The number of hydrogen-bond donors (Lipinski definition) is 1. The highest BCUT2D eigenvalue weighted by Gasteiger charge is 2.15. The lowest BCUT2D eigenvalue weighted by molar-refractivity contribution is -0.133. The van der Waals surface area contributed by atoms with Crippen LogP contribution in [0.4, 0.5) is 0 Å². The minimum Gasteiger partial charge on any atom is -0.352 e. The lowest BCUT2D eigenvalue weighted by Gasteiger charge is -2.23. The Morgan fingerprint density at radius 1 is 1.15 bits per heavy atom. The van der Waals surface area contributed by atoms with Crippen LogP contribution in [0.5, 0.6) is 0 Å². The number of aryl methyl sites for hydroxylation is 3. The van der Waals surface area contributed by atoms with Crippen molar-refractivity contribution < 1.29 is 9.47 Å². The number of aromatic nitrogens is 1. The molecule has 1 N–H and O–H groups in total. The Labute approximate surface area is 122 Å². The van der Waals surface area contributed by atoms with Gasteiger partial charge in [0.1, 0.15) is 0 Å². The topological polar surface area (TPSA) is 43.4 Å². The first-order valence-corrected chi connectivity index (χ1v) is 7.40. The standard InChI is InChI=1S/C16H28N2O2/c1-7-19-15(20-8-2)10-17-13(5)16-11(3)9-12(4)18-14(16)6/h9,13,15,17H,7-8,10H2,1-6H3. The van der Waals surface area contributed by atoms with E-state index in [0.29, 0.717) is 19.8 Å². The minimum absolute atomic E-state index is 0.188. The quantitative estimate of drug-likeness (QED) is 0.743. The van der Waals surface area contributed by atoms with Gasteiger partial charge in [-0.05, 0) is 58.7 Å². The monoisotopic (exact) mass is 280 g/mol. The van der Waals surface area contributed by atoms with E-state index in [-0.39, 0.29) is 12.3 Å². The lowest BCUT2D eigenvalue weighted by atomic mass is 10.0. The van der Waals surface area contributed by atoms with Gasteiger partial charge in [0.05, 0.1) is 0 Å². The lowest BCUT2D eigenvalue weighted by Crippen LogP contribution is -2.33. The molecule has 4 heteroatoms. The van der Waals surface area contributed by atoms with Gasteiger partial charge in [-0.25, -0.2) is 0 Å². The highest BCUT2D eigenvalue weighted by atomic mass is 16.7. The highest BCUT2D eigenvalue weighted by Crippen LogP contribution is 2.21. The van der Waals surface area contributed by atoms with E-state index in [2.05, 4.69) is 37.1 Å². The summed E-state index contributed by atoms with van der Waals surface area (Å²) in [5.41, 5.74) is 4.70. The molecule has 1 rings (SSSR count). The molecule has 20 heavy (non-hydrogen) atoms. The fraction of sp³-hybridized carbons (Fsp3) is 0.688. The second kappa shape index (κ2) is 8.35. The van der Waals surface area contributed by atoms with Gasteiger partial charge >= 0.3 is 0 Å². The van der Waals surface area contributed by atoms with E-state index in [1.165, 1.54) is 11.1 Å². The van der Waals surface area contributed by atoms with Gasteiger partial charge in [0, 0.05) is 37.2 Å². The van der Waals surface area contributed by atoms with Gasteiger partial charge in [0.15, 0.2) is 6.29 Å². The van der Waals surface area contributed by atoms with E-state index in [0.717, 1.165) is 11.4 Å². The van der Waals surface area contributed by atoms with E-state index in [1.807, 2.05) is 20.8 Å². The largest absolute Gasteiger partial charge is 0.352 e. The SMILES string of the molecule is CCOC(CNC(C)c1c(C)cc(C)nc1C)OCC. The molecule has 0 aromatic carbocycles. The van der Waals surface area contributed by atoms with Crippen molar-refractivity contribution in [2.45, 2.75) is 53.9 Å². The zero-order chi connectivity index (χ0) is 15.1. The number of nitrogens with one attached hydrogen (secondary N) is 1. The van der Waals surface area contributed by atoms with Crippen LogP contribution in [0.1, 0.15) is 49.3 Å². The molecule has 0 aliphatic carbocycles. The molecule has 0 saturated carbocycles. The van der Waals surface area contributed by atoms with Crippen molar-refractivity contribution >= 4 is 0 Å². The van der Waals surface area contributed by atoms with Gasteiger partial charge in [0.2, 0.25) is 0 Å². The molecule has 1 unspecified atom stereocenters. The van der Waals surface area contributed by atoms with Crippen LogP contribution in [0.15, 0.2) is 6.07 Å². The third-order valence-electron chi connectivity index (χ3n) is 3.31. The predicted octanol–water partition coefficient (Wildman–Crippen LogP) is 3.06. The van der Waals surface area contributed by atoms with E-state index >= 15 is 0 Å². The summed E-state index contributed by atoms with van der Waals surface area (Å²) in [4.78, 5) is 4.55. The zero-order valence-electron chi connectivity index (χ0n) is 13.6. The fourth-order valence-corrected chi connectivity index (χ4v) is 2.60. The molecule has 0 radical (unpaired) electrons. The van der Waals surface area contributed by atoms with Gasteiger partial charge in [-0.2, -0.15) is 0 Å². The van der Waals surface area contributed by atoms with Crippen molar-refractivity contribution in [2.24, 2.45) is 0 Å². The molecule has 0 saturated heterocycles. The van der Waals surface area contributed by atoms with Gasteiger partial charge in [-0.15, -0.1) is 0 Å². The molecular weight excluding hydrogens is 252 g/mol. The molecule has 1 atom stereocenters. The first-order chi connectivity index (χ1) is 9.49. The van der Waals surface area contributed by atoms with Crippen molar-refractivity contribution in [1.82, 2.24) is 10.3 Å². The Balaban J connectivity index is 2.68. The first kappa shape index (κ1) is 17.1. The third kappa shape index (κ3) is 4.85. The fourth-order valence-electron chi connectivity index (χ4n) is 2.60. The summed E-state index contributed by atoms with van der Waals surface area (Å²) in [6, 6.07) is 2.36. The van der Waals surface area contributed by atoms with Crippen LogP contribution in [-0.4, -0.2) is 31.0 Å². The van der Waals surface area contributed by atoms with Gasteiger partial charge in [0.25, 0.3) is 0 Å². The van der Waals surface area contributed by atoms with Crippen LogP contribution < -0.4 is 5.32 Å². The Bertz CT molecular complexity index is 392. The molecule has 0 bridgehead atoms. The third-order valence-corrected chi connectivity index (χ3v) is 3.31. The average Bonchev–Trinajstić information content (AvgIpc) is 2.35. The normalized spacial score (nSPS) is 12.9. The van der Waals surface area contributed by atoms with E-state index < -0.39 is 0 Å². The molecule has 0 amide bonds. The Morgan fingerprint density at radius 3 is 2.25 bits per heavy atom. The maximum absolute atomic E-state index is 5.55. The molecular formula is C16H28N2O2. The smallest absolute Gasteiger partial charge is 0.169 e. The van der Waals surface area contributed by atoms with Crippen molar-refractivity contribution in [2.75, 3.05) is 19.8 Å². The van der Waals surface area contributed by atoms with Crippen LogP contribution in [0.25, 0.3) is 0 Å². The van der Waals surface area contributed by atoms with Crippen LogP contribution >= 0.6 is 0 Å². The van der Waals surface area contributed by atoms with Crippen LogP contribution in [0.2, 0.25) is 0 Å². The number of ether oxygens (including phenoxy) is 2. The second-order valence-corrected chi connectivity index (χ2v) is 5.05. The summed E-state index contributed by atoms with van der Waals surface area (Å²) in [7, 11) is 0. The molecule has 0 aliphatic rings. The number of nitrogens with zero attached hydrogens (tertiary/aromatic N) is 1. The number of pyridine rings is 1. The van der Waals surface area contributed by atoms with Crippen molar-refractivity contribution in [1.29, 1.82) is 0 Å². The van der Waals surface area contributed by atoms with Gasteiger partial charge in [-0.3, -0.25) is 4.98 Å². The van der Waals surface area contributed by atoms with Crippen molar-refractivity contribution in [3.63, 3.8) is 0 Å². The molecule has 0 aliphatic heterocycles. The molecule has 114 valence electrons. The molecule has 1 heterocycles. The van der Waals surface area contributed by atoms with E-state index in [9.17, 15) is 0 Å². The maximum Gasteiger partial charge on any atom is 0.169 e. The molecule has 1 aromatic rings. The summed E-state index contributed by atoms with van der Waals surface area (Å²) in [6.07, 6.45) is -0.188. The predicted molar refractivity (Wildman–Crippen MR) is 81.9 cm³/mol. The molecule has 0 spiro atoms. The molecule has 4 nitrogen and oxygen atoms in total.